The third-order valence-electron chi connectivity index (χ3n) is 4.99. The number of hydrogen-bond donors (Lipinski definition) is 1. The molecular weight excluding hydrogens is 396 g/mol. The summed E-state index contributed by atoms with van der Waals surface area (Å²) in [6.45, 7) is 9.89. The number of aromatic hydroxyl groups is 1. The first-order valence-corrected chi connectivity index (χ1v) is 11.9. The van der Waals surface area contributed by atoms with Gasteiger partial charge in [-0.3, -0.25) is 9.69 Å². The number of amides is 1. The minimum atomic E-state index is 0.0474. The summed E-state index contributed by atoms with van der Waals surface area (Å²) in [5, 5.41) is 10.4. The Hall–Kier alpha value is -1.28. The molecular formula is C20H26N2O2S3. The number of carbonyl (C=O) groups excluding carboxylic acids is 1. The smallest absolute Gasteiger partial charge is 0.225 e. The summed E-state index contributed by atoms with van der Waals surface area (Å²) < 4.78 is 0.970. The maximum absolute atomic E-state index is 12.1. The van der Waals surface area contributed by atoms with E-state index in [2.05, 4.69) is 17.9 Å². The number of nitrogens with zero attached hydrogens (tertiary/aromatic N) is 2. The predicted octanol–water partition coefficient (Wildman–Crippen LogP) is 4.77. The van der Waals surface area contributed by atoms with Gasteiger partial charge in [-0.2, -0.15) is 0 Å². The second-order valence-electron chi connectivity index (χ2n) is 7.21. The molecule has 0 spiro atoms. The number of piperazine rings is 1. The lowest BCUT2D eigenvalue weighted by molar-refractivity contribution is -0.136. The van der Waals surface area contributed by atoms with Crippen molar-refractivity contribution in [3.63, 3.8) is 0 Å². The largest absolute Gasteiger partial charge is 0.508 e. The summed E-state index contributed by atoms with van der Waals surface area (Å²) in [5.74, 6) is 0.604. The maximum Gasteiger partial charge on any atom is 0.225 e. The van der Waals surface area contributed by atoms with Gasteiger partial charge < -0.3 is 10.0 Å². The van der Waals surface area contributed by atoms with Crippen LogP contribution in [0, 0.1) is 9.74 Å². The Morgan fingerprint density at radius 1 is 1.22 bits per heavy atom. The summed E-state index contributed by atoms with van der Waals surface area (Å²) >= 11 is 5.45. The normalized spacial score (nSPS) is 15.5. The molecule has 0 atom stereocenters. The summed E-state index contributed by atoms with van der Waals surface area (Å²) in [6.07, 6.45) is 0.927. The van der Waals surface area contributed by atoms with Crippen LogP contribution in [-0.2, 0) is 17.8 Å². The molecule has 7 heteroatoms. The van der Waals surface area contributed by atoms with Gasteiger partial charge >= 0.3 is 0 Å². The third kappa shape index (κ3) is 4.59. The summed E-state index contributed by atoms with van der Waals surface area (Å²) in [7, 11) is 3.37. The Balaban J connectivity index is 1.73. The van der Waals surface area contributed by atoms with Crippen molar-refractivity contribution in [2.24, 2.45) is 5.92 Å². The van der Waals surface area contributed by atoms with Crippen molar-refractivity contribution in [2.45, 2.75) is 33.7 Å². The minimum Gasteiger partial charge on any atom is -0.508 e. The molecule has 4 nitrogen and oxygen atoms in total. The molecule has 1 aliphatic rings. The number of phenolic OH excluding ortho intramolecular Hbond substituents is 1. The average molecular weight is 423 g/mol. The highest BCUT2D eigenvalue weighted by molar-refractivity contribution is 7.80. The summed E-state index contributed by atoms with van der Waals surface area (Å²) in [4.78, 5) is 17.6. The molecule has 1 aromatic carbocycles. The van der Waals surface area contributed by atoms with E-state index in [1.807, 2.05) is 24.8 Å². The molecule has 0 unspecified atom stereocenters. The molecule has 0 radical (unpaired) electrons. The quantitative estimate of drug-likeness (QED) is 0.557. The lowest BCUT2D eigenvalue weighted by Gasteiger charge is -2.35. The van der Waals surface area contributed by atoms with E-state index in [0.717, 1.165) is 47.6 Å². The van der Waals surface area contributed by atoms with Crippen LogP contribution >= 0.6 is 32.9 Å². The zero-order valence-electron chi connectivity index (χ0n) is 16.0. The molecule has 27 heavy (non-hydrogen) atoms. The first kappa shape index (κ1) is 20.5. The molecule has 0 aliphatic carbocycles. The fourth-order valence-electron chi connectivity index (χ4n) is 3.39. The van der Waals surface area contributed by atoms with Crippen LogP contribution in [0.4, 0.5) is 0 Å². The van der Waals surface area contributed by atoms with Crippen molar-refractivity contribution in [3.05, 3.63) is 33.1 Å². The van der Waals surface area contributed by atoms with Crippen LogP contribution in [0.3, 0.4) is 0 Å². The topological polar surface area (TPSA) is 43.8 Å². The highest BCUT2D eigenvalue weighted by Gasteiger charge is 2.23. The molecule has 2 aromatic rings. The number of hydrogen-bond acceptors (Lipinski definition) is 6. The van der Waals surface area contributed by atoms with Crippen molar-refractivity contribution in [1.82, 2.24) is 9.80 Å². The van der Waals surface area contributed by atoms with Crippen molar-refractivity contribution in [2.75, 3.05) is 26.2 Å². The van der Waals surface area contributed by atoms with Crippen molar-refractivity contribution < 1.29 is 9.90 Å². The highest BCUT2D eigenvalue weighted by Crippen LogP contribution is 2.37. The summed E-state index contributed by atoms with van der Waals surface area (Å²) in [6, 6.07) is 5.86. The van der Waals surface area contributed by atoms with E-state index in [4.69, 9.17) is 12.2 Å². The lowest BCUT2D eigenvalue weighted by Crippen LogP contribution is -2.49. The van der Waals surface area contributed by atoms with E-state index in [-0.39, 0.29) is 11.8 Å². The Morgan fingerprint density at radius 2 is 1.93 bits per heavy atom. The molecule has 3 rings (SSSR count). The fourth-order valence-corrected chi connectivity index (χ4v) is 6.51. The van der Waals surface area contributed by atoms with Gasteiger partial charge in [0.25, 0.3) is 0 Å². The molecule has 2 heterocycles. The van der Waals surface area contributed by atoms with Gasteiger partial charge in [-0.05, 0) is 35.7 Å². The van der Waals surface area contributed by atoms with Crippen molar-refractivity contribution in [1.29, 1.82) is 0 Å². The number of rotatable bonds is 5. The van der Waals surface area contributed by atoms with Gasteiger partial charge in [-0.15, -0.1) is 0 Å². The number of carbonyl (C=O) groups is 1. The molecule has 1 saturated heterocycles. The molecule has 0 bridgehead atoms. The van der Waals surface area contributed by atoms with E-state index in [1.165, 1.54) is 10.4 Å². The van der Waals surface area contributed by atoms with Crippen molar-refractivity contribution in [3.8, 4) is 16.2 Å². The lowest BCUT2D eigenvalue weighted by atomic mass is 10.0. The zero-order chi connectivity index (χ0) is 19.6. The van der Waals surface area contributed by atoms with Gasteiger partial charge in [-0.25, -0.2) is 0 Å². The molecule has 146 valence electrons. The van der Waals surface area contributed by atoms with Gasteiger partial charge in [0.1, 0.15) is 9.57 Å². The van der Waals surface area contributed by atoms with E-state index >= 15 is 0 Å². The molecule has 1 fully saturated rings. The van der Waals surface area contributed by atoms with Crippen LogP contribution < -0.4 is 0 Å². The number of benzene rings is 1. The van der Waals surface area contributed by atoms with E-state index in [1.54, 1.807) is 26.7 Å². The first-order valence-electron chi connectivity index (χ1n) is 9.36. The van der Waals surface area contributed by atoms with Gasteiger partial charge in [0.15, 0.2) is 0 Å². The van der Waals surface area contributed by atoms with Gasteiger partial charge in [-0.1, -0.05) is 53.7 Å². The van der Waals surface area contributed by atoms with E-state index < -0.39 is 0 Å². The number of phenols is 1. The maximum atomic E-state index is 12.1. The predicted molar refractivity (Wildman–Crippen MR) is 116 cm³/mol. The van der Waals surface area contributed by atoms with Crippen LogP contribution in [0.2, 0.25) is 0 Å². The molecule has 1 amide bonds. The van der Waals surface area contributed by atoms with Crippen LogP contribution in [0.1, 0.15) is 31.9 Å². The SMILES string of the molecule is CCc1c(-c2ccc(O)c(CN3CCN(C(=O)C(C)C)CC3)c2)ssc1=S. The first-order chi connectivity index (χ1) is 12.9. The Morgan fingerprint density at radius 3 is 2.56 bits per heavy atom. The van der Waals surface area contributed by atoms with Crippen LogP contribution in [0.5, 0.6) is 5.75 Å². The average Bonchev–Trinajstić information content (AvgIpc) is 3.04. The zero-order valence-corrected chi connectivity index (χ0v) is 18.5. The standard InChI is InChI=1S/C20H26N2O2S3/c1-4-16-18(26-27-20(16)25)14-5-6-17(23)15(11-14)12-21-7-9-22(10-8-21)19(24)13(2)3/h5-6,11,13,23H,4,7-10,12H2,1-3H3. The van der Waals surface area contributed by atoms with Crippen molar-refractivity contribution >= 4 is 38.8 Å². The van der Waals surface area contributed by atoms with Crippen LogP contribution in [0.25, 0.3) is 10.4 Å². The third-order valence-corrected chi connectivity index (χ3v) is 8.18. The van der Waals surface area contributed by atoms with Gasteiger partial charge in [0.2, 0.25) is 5.91 Å². The minimum absolute atomic E-state index is 0.0474. The molecule has 1 aliphatic heterocycles. The summed E-state index contributed by atoms with van der Waals surface area (Å²) in [5.41, 5.74) is 3.30. The Bertz CT molecular complexity index is 864. The van der Waals surface area contributed by atoms with Crippen LogP contribution in [0.15, 0.2) is 18.2 Å². The Kier molecular flexibility index (Phi) is 6.68. The highest BCUT2D eigenvalue weighted by atomic mass is 32.9. The van der Waals surface area contributed by atoms with E-state index in [0.29, 0.717) is 12.3 Å². The Labute approximate surface area is 173 Å². The van der Waals surface area contributed by atoms with Gasteiger partial charge in [0, 0.05) is 44.2 Å². The monoisotopic (exact) mass is 422 g/mol. The molecule has 1 aromatic heterocycles. The van der Waals surface area contributed by atoms with Crippen LogP contribution in [-0.4, -0.2) is 47.0 Å². The molecule has 0 saturated carbocycles. The van der Waals surface area contributed by atoms with E-state index in [9.17, 15) is 9.90 Å². The second kappa shape index (κ2) is 8.82. The molecule has 1 N–H and O–H groups in total. The second-order valence-corrected chi connectivity index (χ2v) is 10.0. The van der Waals surface area contributed by atoms with Gasteiger partial charge in [0.05, 0.1) is 4.88 Å². The fraction of sp³-hybridized carbons (Fsp3) is 0.500.